The Hall–Kier alpha value is -2.60. The number of hydrogen-bond donors (Lipinski definition) is 1. The number of anilines is 1. The van der Waals surface area contributed by atoms with Crippen LogP contribution in [-0.4, -0.2) is 27.9 Å². The molecule has 1 aliphatic heterocycles. The van der Waals surface area contributed by atoms with Crippen molar-refractivity contribution in [3.63, 3.8) is 0 Å². The van der Waals surface area contributed by atoms with Crippen molar-refractivity contribution in [3.05, 3.63) is 65.1 Å². The number of nitrogens with zero attached hydrogens (tertiary/aromatic N) is 4. The fourth-order valence-electron chi connectivity index (χ4n) is 3.29. The van der Waals surface area contributed by atoms with Crippen LogP contribution >= 0.6 is 12.6 Å². The highest BCUT2D eigenvalue weighted by atomic mass is 32.1. The monoisotopic (exact) mass is 364 g/mol. The molecule has 0 unspecified atom stereocenters. The number of benzene rings is 2. The molecule has 2 aromatic carbocycles. The van der Waals surface area contributed by atoms with Crippen molar-refractivity contribution in [1.29, 1.82) is 0 Å². The maximum atomic E-state index is 12.7. The molecule has 0 aliphatic carbocycles. The number of piperidine rings is 1. The molecule has 4 rings (SSSR count). The van der Waals surface area contributed by atoms with Crippen LogP contribution in [0.25, 0.3) is 16.9 Å². The van der Waals surface area contributed by atoms with Crippen molar-refractivity contribution in [2.45, 2.75) is 24.2 Å². The topological polar surface area (TPSA) is 51.0 Å². The van der Waals surface area contributed by atoms with Crippen molar-refractivity contribution >= 4 is 18.4 Å². The van der Waals surface area contributed by atoms with Crippen LogP contribution in [0.1, 0.15) is 19.3 Å². The van der Waals surface area contributed by atoms with E-state index in [2.05, 4.69) is 22.5 Å². The van der Waals surface area contributed by atoms with Crippen molar-refractivity contribution < 1.29 is 0 Å². The molecule has 6 heteroatoms. The molecule has 0 radical (unpaired) electrons. The summed E-state index contributed by atoms with van der Waals surface area (Å²) >= 11 is 4.59. The Labute approximate surface area is 157 Å². The van der Waals surface area contributed by atoms with Gasteiger partial charge in [-0.25, -0.2) is 4.79 Å². The summed E-state index contributed by atoms with van der Waals surface area (Å²) < 4.78 is 1.36. The average Bonchev–Trinajstić information content (AvgIpc) is 2.70. The Bertz CT molecular complexity index is 965. The van der Waals surface area contributed by atoms with Gasteiger partial charge in [0.1, 0.15) is 5.69 Å². The highest BCUT2D eigenvalue weighted by Gasteiger charge is 2.21. The fraction of sp³-hybridized carbons (Fsp3) is 0.250. The fourth-order valence-corrected chi connectivity index (χ4v) is 3.56. The van der Waals surface area contributed by atoms with Crippen molar-refractivity contribution in [1.82, 2.24) is 14.8 Å². The Morgan fingerprint density at radius 2 is 1.58 bits per heavy atom. The number of aromatic nitrogens is 3. The van der Waals surface area contributed by atoms with Gasteiger partial charge in [-0.15, -0.1) is 12.6 Å². The smallest absolute Gasteiger partial charge is 0.355 e. The standard InChI is InChI=1S/C20H20N4OS/c25-20-21-19(23-13-7-2-8-14-23)18(16-11-5-6-12-17(16)26)22-24(20)15-9-3-1-4-10-15/h1,3-6,9-12,26H,2,7-8,13-14H2. The quantitative estimate of drug-likeness (QED) is 0.722. The lowest BCUT2D eigenvalue weighted by atomic mass is 10.1. The number of para-hydroxylation sites is 1. The molecule has 1 aromatic heterocycles. The van der Waals surface area contributed by atoms with E-state index in [1.165, 1.54) is 11.1 Å². The van der Waals surface area contributed by atoms with Gasteiger partial charge in [0, 0.05) is 23.5 Å². The van der Waals surface area contributed by atoms with Gasteiger partial charge in [-0.2, -0.15) is 14.8 Å². The molecule has 132 valence electrons. The zero-order chi connectivity index (χ0) is 17.9. The third kappa shape index (κ3) is 3.24. The summed E-state index contributed by atoms with van der Waals surface area (Å²) in [5, 5.41) is 4.70. The van der Waals surface area contributed by atoms with Gasteiger partial charge < -0.3 is 4.90 Å². The summed E-state index contributed by atoms with van der Waals surface area (Å²) in [4.78, 5) is 20.1. The lowest BCUT2D eigenvalue weighted by molar-refractivity contribution is 0.569. The van der Waals surface area contributed by atoms with Crippen molar-refractivity contribution in [3.8, 4) is 16.9 Å². The second-order valence-corrected chi connectivity index (χ2v) is 6.86. The molecule has 0 N–H and O–H groups in total. The maximum absolute atomic E-state index is 12.7. The van der Waals surface area contributed by atoms with Gasteiger partial charge in [-0.1, -0.05) is 36.4 Å². The number of hydrogen-bond acceptors (Lipinski definition) is 5. The molecule has 1 aliphatic rings. The van der Waals surface area contributed by atoms with Crippen LogP contribution in [0.5, 0.6) is 0 Å². The number of rotatable bonds is 3. The molecular formula is C20H20N4OS. The van der Waals surface area contributed by atoms with E-state index in [0.717, 1.165) is 36.4 Å². The summed E-state index contributed by atoms with van der Waals surface area (Å²) in [6.07, 6.45) is 3.42. The Kier molecular flexibility index (Phi) is 4.75. The lowest BCUT2D eigenvalue weighted by Gasteiger charge is -2.29. The molecule has 0 saturated carbocycles. The molecule has 5 nitrogen and oxygen atoms in total. The first-order valence-electron chi connectivity index (χ1n) is 8.84. The van der Waals surface area contributed by atoms with E-state index in [4.69, 9.17) is 5.10 Å². The molecule has 26 heavy (non-hydrogen) atoms. The molecule has 0 spiro atoms. The highest BCUT2D eigenvalue weighted by molar-refractivity contribution is 7.80. The predicted octanol–water partition coefficient (Wildman–Crippen LogP) is 3.57. The van der Waals surface area contributed by atoms with Gasteiger partial charge in [0.05, 0.1) is 5.69 Å². The first kappa shape index (κ1) is 16.8. The third-order valence-electron chi connectivity index (χ3n) is 4.61. The Morgan fingerprint density at radius 1 is 0.885 bits per heavy atom. The van der Waals surface area contributed by atoms with E-state index in [1.54, 1.807) is 0 Å². The Morgan fingerprint density at radius 3 is 2.31 bits per heavy atom. The van der Waals surface area contributed by atoms with E-state index in [-0.39, 0.29) is 5.69 Å². The summed E-state index contributed by atoms with van der Waals surface area (Å²) in [5.74, 6) is 0.656. The van der Waals surface area contributed by atoms with Crippen molar-refractivity contribution in [2.24, 2.45) is 0 Å². The van der Waals surface area contributed by atoms with Crippen LogP contribution in [0.15, 0.2) is 64.3 Å². The maximum Gasteiger partial charge on any atom is 0.370 e. The second-order valence-electron chi connectivity index (χ2n) is 6.38. The van der Waals surface area contributed by atoms with E-state index in [9.17, 15) is 4.79 Å². The van der Waals surface area contributed by atoms with E-state index in [0.29, 0.717) is 17.2 Å². The van der Waals surface area contributed by atoms with Gasteiger partial charge in [0.25, 0.3) is 0 Å². The van der Waals surface area contributed by atoms with E-state index < -0.39 is 0 Å². The Balaban J connectivity index is 1.93. The summed E-state index contributed by atoms with van der Waals surface area (Å²) in [5.41, 5.74) is 1.92. The van der Waals surface area contributed by atoms with Gasteiger partial charge >= 0.3 is 5.69 Å². The predicted molar refractivity (Wildman–Crippen MR) is 106 cm³/mol. The molecule has 0 amide bonds. The molecule has 3 aromatic rings. The molecule has 0 bridgehead atoms. The van der Waals surface area contributed by atoms with Crippen LogP contribution in [0.2, 0.25) is 0 Å². The van der Waals surface area contributed by atoms with Crippen LogP contribution in [0.3, 0.4) is 0 Å². The zero-order valence-electron chi connectivity index (χ0n) is 14.4. The third-order valence-corrected chi connectivity index (χ3v) is 5.00. The summed E-state index contributed by atoms with van der Waals surface area (Å²) in [7, 11) is 0. The van der Waals surface area contributed by atoms with Crippen molar-refractivity contribution in [2.75, 3.05) is 18.0 Å². The summed E-state index contributed by atoms with van der Waals surface area (Å²) in [6.45, 7) is 1.79. The zero-order valence-corrected chi connectivity index (χ0v) is 15.3. The molecule has 1 fully saturated rings. The van der Waals surface area contributed by atoms with Crippen LogP contribution in [0.4, 0.5) is 5.82 Å². The van der Waals surface area contributed by atoms with Crippen LogP contribution in [0, 0.1) is 0 Å². The molecule has 1 saturated heterocycles. The normalized spacial score (nSPS) is 14.4. The lowest BCUT2D eigenvalue weighted by Crippen LogP contribution is -2.35. The van der Waals surface area contributed by atoms with E-state index in [1.807, 2.05) is 54.6 Å². The van der Waals surface area contributed by atoms with Crippen LogP contribution in [-0.2, 0) is 0 Å². The molecule has 2 heterocycles. The van der Waals surface area contributed by atoms with Gasteiger partial charge in [-0.3, -0.25) is 0 Å². The first-order valence-corrected chi connectivity index (χ1v) is 9.29. The van der Waals surface area contributed by atoms with E-state index >= 15 is 0 Å². The second kappa shape index (κ2) is 7.33. The van der Waals surface area contributed by atoms with Gasteiger partial charge in [-0.05, 0) is 37.5 Å². The minimum atomic E-state index is -0.364. The largest absolute Gasteiger partial charge is 0.370 e. The highest BCUT2D eigenvalue weighted by Crippen LogP contribution is 2.32. The minimum absolute atomic E-state index is 0.364. The van der Waals surface area contributed by atoms with Crippen LogP contribution < -0.4 is 10.6 Å². The SMILES string of the molecule is O=c1nc(N2CCCCC2)c(-c2ccccc2S)nn1-c1ccccc1. The molecular weight excluding hydrogens is 344 g/mol. The minimum Gasteiger partial charge on any atom is -0.355 e. The summed E-state index contributed by atoms with van der Waals surface area (Å²) in [6, 6.07) is 17.2. The average molecular weight is 364 g/mol. The van der Waals surface area contributed by atoms with Gasteiger partial charge in [0.2, 0.25) is 0 Å². The molecule has 0 atom stereocenters. The first-order chi connectivity index (χ1) is 12.7. The number of thiol groups is 1. The van der Waals surface area contributed by atoms with Gasteiger partial charge in [0.15, 0.2) is 5.82 Å².